The number of hydrogen-bond acceptors (Lipinski definition) is 0. The maximum Gasteiger partial charge on any atom is 3.00 e. The second-order valence-electron chi connectivity index (χ2n) is 5.46. The summed E-state index contributed by atoms with van der Waals surface area (Å²) in [5.41, 5.74) is 7.91. The van der Waals surface area contributed by atoms with E-state index in [2.05, 4.69) is 39.0 Å². The van der Waals surface area contributed by atoms with Gasteiger partial charge in [0.2, 0.25) is 0 Å². The van der Waals surface area contributed by atoms with Crippen molar-refractivity contribution in [2.24, 2.45) is 11.8 Å². The first-order valence-electron chi connectivity index (χ1n) is 6.40. The summed E-state index contributed by atoms with van der Waals surface area (Å²) in [5.74, 6) is 1.18. The molecule has 0 aromatic rings. The van der Waals surface area contributed by atoms with Crippen LogP contribution in [-0.2, 0) is 21.7 Å². The molecule has 19 heavy (non-hydrogen) atoms. The molecule has 1 unspecified atom stereocenters. The quantitative estimate of drug-likeness (QED) is 0.422. The third-order valence-corrected chi connectivity index (χ3v) is 4.14. The molecular formula is C16H19Cl2Ti. The molecule has 3 heteroatoms. The van der Waals surface area contributed by atoms with Crippen LogP contribution >= 0.6 is 0 Å². The van der Waals surface area contributed by atoms with Gasteiger partial charge in [-0.2, -0.15) is 11.1 Å². The minimum absolute atomic E-state index is 0. The largest absolute Gasteiger partial charge is 3.00 e. The van der Waals surface area contributed by atoms with Crippen molar-refractivity contribution in [1.82, 2.24) is 0 Å². The van der Waals surface area contributed by atoms with E-state index in [-0.39, 0.29) is 46.5 Å². The van der Waals surface area contributed by atoms with Crippen LogP contribution in [0.3, 0.4) is 0 Å². The van der Waals surface area contributed by atoms with Crippen LogP contribution in [-0.4, -0.2) is 0 Å². The Hall–Kier alpha value is 0.254. The third kappa shape index (κ3) is 3.13. The first kappa shape index (κ1) is 19.3. The molecular weight excluding hydrogens is 311 g/mol. The number of rotatable bonds is 2. The Kier molecular flexibility index (Phi) is 7.41. The zero-order valence-electron chi connectivity index (χ0n) is 11.7. The zero-order valence-corrected chi connectivity index (χ0v) is 14.8. The Morgan fingerprint density at radius 1 is 1.16 bits per heavy atom. The van der Waals surface area contributed by atoms with Crippen LogP contribution in [0.2, 0.25) is 0 Å². The van der Waals surface area contributed by atoms with Crippen molar-refractivity contribution in [3.05, 3.63) is 46.1 Å². The standard InChI is InChI=1S/C16H19.2ClH.Ti/c1-10(2)15-9-16(14-8-7-13(14)15)12-6-4-5-11(12)3;;;/h4-5,10,16H,6-8H2,1-3H3;2*1H;/q-1;;;+3/p-2. The van der Waals surface area contributed by atoms with Crippen LogP contribution in [0.25, 0.3) is 0 Å². The number of halogens is 2. The summed E-state index contributed by atoms with van der Waals surface area (Å²) in [6, 6.07) is 0. The van der Waals surface area contributed by atoms with Crippen molar-refractivity contribution < 1.29 is 46.5 Å². The smallest absolute Gasteiger partial charge is 1.00 e. The first-order chi connectivity index (χ1) is 7.68. The van der Waals surface area contributed by atoms with E-state index in [1.54, 1.807) is 16.7 Å². The fourth-order valence-corrected chi connectivity index (χ4v) is 3.14. The Bertz CT molecular complexity index is 467. The van der Waals surface area contributed by atoms with Gasteiger partial charge in [-0.3, -0.25) is 6.08 Å². The van der Waals surface area contributed by atoms with Gasteiger partial charge in [-0.15, -0.1) is 0 Å². The molecule has 0 saturated heterocycles. The van der Waals surface area contributed by atoms with Crippen LogP contribution in [0, 0.1) is 17.9 Å². The summed E-state index contributed by atoms with van der Waals surface area (Å²) >= 11 is 0. The molecule has 0 aliphatic heterocycles. The van der Waals surface area contributed by atoms with E-state index in [0.717, 1.165) is 6.42 Å². The predicted molar refractivity (Wildman–Crippen MR) is 67.8 cm³/mol. The van der Waals surface area contributed by atoms with Gasteiger partial charge in [0.15, 0.2) is 0 Å². The van der Waals surface area contributed by atoms with Crippen molar-refractivity contribution in [1.29, 1.82) is 0 Å². The second kappa shape index (κ2) is 7.32. The molecule has 1 radical (unpaired) electrons. The first-order valence-corrected chi connectivity index (χ1v) is 6.40. The molecule has 1 atom stereocenters. The van der Waals surface area contributed by atoms with Gasteiger partial charge in [0.1, 0.15) is 0 Å². The fourth-order valence-electron chi connectivity index (χ4n) is 3.14. The van der Waals surface area contributed by atoms with E-state index in [4.69, 9.17) is 0 Å². The Balaban J connectivity index is 0.00000108. The zero-order chi connectivity index (χ0) is 11.3. The SMILES string of the molecule is CC1=C(C2[C-]=C(C(C)C)C3=C2CC3)CC=C1.[Cl-].[Cl-].[Ti+3]. The van der Waals surface area contributed by atoms with Crippen LogP contribution < -0.4 is 24.8 Å². The second-order valence-corrected chi connectivity index (χ2v) is 5.46. The molecule has 0 N–H and O–H groups in total. The predicted octanol–water partition coefficient (Wildman–Crippen LogP) is -1.63. The van der Waals surface area contributed by atoms with Gasteiger partial charge < -0.3 is 24.8 Å². The molecule has 0 aromatic carbocycles. The minimum atomic E-state index is 0. The summed E-state index contributed by atoms with van der Waals surface area (Å²) in [6.45, 7) is 6.83. The Morgan fingerprint density at radius 3 is 2.21 bits per heavy atom. The van der Waals surface area contributed by atoms with Crippen molar-refractivity contribution in [3.63, 3.8) is 0 Å². The Morgan fingerprint density at radius 2 is 1.84 bits per heavy atom. The summed E-state index contributed by atoms with van der Waals surface area (Å²) < 4.78 is 0. The van der Waals surface area contributed by atoms with Crippen LogP contribution in [0.5, 0.6) is 0 Å². The number of hydrogen-bond donors (Lipinski definition) is 0. The molecule has 101 valence electrons. The average molecular weight is 330 g/mol. The van der Waals surface area contributed by atoms with Gasteiger partial charge in [0.05, 0.1) is 0 Å². The Labute approximate surface area is 144 Å². The summed E-state index contributed by atoms with van der Waals surface area (Å²) in [6.07, 6.45) is 12.1. The van der Waals surface area contributed by atoms with E-state index in [9.17, 15) is 0 Å². The molecule has 0 aromatic heterocycles. The minimum Gasteiger partial charge on any atom is -1.00 e. The van der Waals surface area contributed by atoms with Gasteiger partial charge in [-0.1, -0.05) is 61.8 Å². The van der Waals surface area contributed by atoms with Crippen molar-refractivity contribution in [2.45, 2.75) is 40.0 Å². The normalized spacial score (nSPS) is 23.4. The molecule has 0 bridgehead atoms. The van der Waals surface area contributed by atoms with E-state index < -0.39 is 0 Å². The molecule has 3 rings (SSSR count). The van der Waals surface area contributed by atoms with Crippen LogP contribution in [0.15, 0.2) is 40.0 Å². The molecule has 0 spiro atoms. The number of allylic oxidation sites excluding steroid dienone is 8. The molecule has 0 saturated carbocycles. The van der Waals surface area contributed by atoms with E-state index >= 15 is 0 Å². The van der Waals surface area contributed by atoms with Gasteiger partial charge in [-0.05, 0) is 13.3 Å². The van der Waals surface area contributed by atoms with Gasteiger partial charge >= 0.3 is 21.7 Å². The topological polar surface area (TPSA) is 0 Å². The average Bonchev–Trinajstić information content (AvgIpc) is 2.68. The molecule has 0 fully saturated rings. The molecule has 0 nitrogen and oxygen atoms in total. The van der Waals surface area contributed by atoms with Crippen LogP contribution in [0.1, 0.15) is 40.0 Å². The van der Waals surface area contributed by atoms with E-state index in [0.29, 0.717) is 11.8 Å². The van der Waals surface area contributed by atoms with E-state index in [1.165, 1.54) is 24.0 Å². The summed E-state index contributed by atoms with van der Waals surface area (Å²) in [4.78, 5) is 0. The van der Waals surface area contributed by atoms with Crippen molar-refractivity contribution in [3.8, 4) is 0 Å². The van der Waals surface area contributed by atoms with Gasteiger partial charge in [0.25, 0.3) is 0 Å². The maximum absolute atomic E-state index is 3.77. The molecule has 0 amide bonds. The summed E-state index contributed by atoms with van der Waals surface area (Å²) in [5, 5.41) is 0. The summed E-state index contributed by atoms with van der Waals surface area (Å²) in [7, 11) is 0. The van der Waals surface area contributed by atoms with Crippen molar-refractivity contribution in [2.75, 3.05) is 0 Å². The molecule has 3 aliphatic rings. The van der Waals surface area contributed by atoms with Gasteiger partial charge in [0, 0.05) is 0 Å². The maximum atomic E-state index is 3.77. The van der Waals surface area contributed by atoms with E-state index in [1.807, 2.05) is 0 Å². The molecule has 3 aliphatic carbocycles. The third-order valence-electron chi connectivity index (χ3n) is 4.14. The van der Waals surface area contributed by atoms with Gasteiger partial charge in [-0.25, -0.2) is 5.57 Å². The monoisotopic (exact) mass is 329 g/mol. The van der Waals surface area contributed by atoms with Crippen molar-refractivity contribution >= 4 is 0 Å². The fraction of sp³-hybridized carbons (Fsp3) is 0.500. The molecule has 0 heterocycles. The van der Waals surface area contributed by atoms with Crippen LogP contribution in [0.4, 0.5) is 0 Å².